The van der Waals surface area contributed by atoms with Gasteiger partial charge in [0, 0.05) is 7.05 Å². The van der Waals surface area contributed by atoms with Crippen LogP contribution >= 0.6 is 12.2 Å². The van der Waals surface area contributed by atoms with Gasteiger partial charge in [-0.05, 0) is 17.7 Å². The largest absolute Gasteiger partial charge is 0.389 e. The molecule has 8 heteroatoms. The average Bonchev–Trinajstić information content (AvgIpc) is 2.76. The van der Waals surface area contributed by atoms with Gasteiger partial charge in [0.2, 0.25) is 5.91 Å². The topological polar surface area (TPSA) is 72.9 Å². The van der Waals surface area contributed by atoms with E-state index in [2.05, 4.69) is 10.4 Å². The fraction of sp³-hybridized carbons (Fsp3) is 0.154. The Kier molecular flexibility index (Phi) is 4.27. The molecule has 0 saturated heterocycles. The molecule has 0 radical (unpaired) electrons. The van der Waals surface area contributed by atoms with Crippen LogP contribution < -0.4 is 11.1 Å². The maximum Gasteiger partial charge on any atom is 0.229 e. The molecule has 3 N–H and O–H groups in total. The van der Waals surface area contributed by atoms with E-state index in [4.69, 9.17) is 18.0 Å². The van der Waals surface area contributed by atoms with Crippen LogP contribution in [0.3, 0.4) is 0 Å². The Morgan fingerprint density at radius 1 is 1.43 bits per heavy atom. The van der Waals surface area contributed by atoms with E-state index in [1.165, 1.54) is 16.9 Å². The van der Waals surface area contributed by atoms with Gasteiger partial charge in [-0.3, -0.25) is 9.48 Å². The van der Waals surface area contributed by atoms with Crippen molar-refractivity contribution in [3.05, 3.63) is 47.2 Å². The second-order valence-corrected chi connectivity index (χ2v) is 4.81. The molecule has 0 bridgehead atoms. The fourth-order valence-corrected chi connectivity index (χ4v) is 1.93. The Labute approximate surface area is 124 Å². The van der Waals surface area contributed by atoms with Gasteiger partial charge in [-0.15, -0.1) is 0 Å². The molecule has 0 saturated carbocycles. The van der Waals surface area contributed by atoms with Crippen LogP contribution in [0.5, 0.6) is 0 Å². The molecule has 1 heterocycles. The zero-order chi connectivity index (χ0) is 15.6. The lowest BCUT2D eigenvalue weighted by atomic mass is 10.1. The molecule has 110 valence electrons. The van der Waals surface area contributed by atoms with Crippen LogP contribution in [0.2, 0.25) is 0 Å². The summed E-state index contributed by atoms with van der Waals surface area (Å²) in [6, 6.07) is 3.30. The number of nitrogens with zero attached hydrogens (tertiary/aromatic N) is 2. The summed E-state index contributed by atoms with van der Waals surface area (Å²) in [5, 5.41) is 6.55. The first kappa shape index (κ1) is 15.0. The van der Waals surface area contributed by atoms with Gasteiger partial charge < -0.3 is 11.1 Å². The first-order chi connectivity index (χ1) is 9.88. The molecule has 0 aliphatic heterocycles. The second-order valence-electron chi connectivity index (χ2n) is 4.37. The third kappa shape index (κ3) is 3.40. The number of nitrogens with two attached hydrogens (primary N) is 1. The smallest absolute Gasteiger partial charge is 0.229 e. The van der Waals surface area contributed by atoms with Gasteiger partial charge in [-0.2, -0.15) is 5.10 Å². The van der Waals surface area contributed by atoms with Gasteiger partial charge in [-0.25, -0.2) is 8.78 Å². The summed E-state index contributed by atoms with van der Waals surface area (Å²) in [6.45, 7) is 0. The summed E-state index contributed by atoms with van der Waals surface area (Å²) in [5.74, 6) is -2.01. The van der Waals surface area contributed by atoms with Gasteiger partial charge in [-0.1, -0.05) is 18.3 Å². The molecular formula is C13H12F2N4OS. The number of rotatable bonds is 4. The van der Waals surface area contributed by atoms with Crippen LogP contribution in [0.4, 0.5) is 14.6 Å². The number of aromatic nitrogens is 2. The van der Waals surface area contributed by atoms with Gasteiger partial charge in [0.05, 0.1) is 18.2 Å². The van der Waals surface area contributed by atoms with Crippen molar-refractivity contribution >= 4 is 28.9 Å². The van der Waals surface area contributed by atoms with Gasteiger partial charge in [0.1, 0.15) is 10.8 Å². The molecular weight excluding hydrogens is 298 g/mol. The number of nitrogens with one attached hydrogen (secondary N) is 1. The Balaban J connectivity index is 2.13. The summed E-state index contributed by atoms with van der Waals surface area (Å²) in [4.78, 5) is 12.1. The minimum atomic E-state index is -0.996. The van der Waals surface area contributed by atoms with Crippen LogP contribution in [0, 0.1) is 11.6 Å². The van der Waals surface area contributed by atoms with Gasteiger partial charge >= 0.3 is 0 Å². The van der Waals surface area contributed by atoms with E-state index < -0.39 is 17.5 Å². The van der Waals surface area contributed by atoms with Crippen molar-refractivity contribution in [2.45, 2.75) is 6.42 Å². The molecule has 2 aromatic rings. The zero-order valence-electron chi connectivity index (χ0n) is 11.1. The first-order valence-corrected chi connectivity index (χ1v) is 6.35. The molecule has 0 unspecified atom stereocenters. The number of amides is 1. The number of aryl methyl sites for hydroxylation is 1. The fourth-order valence-electron chi connectivity index (χ4n) is 1.78. The molecule has 0 aliphatic rings. The number of anilines is 1. The minimum Gasteiger partial charge on any atom is -0.389 e. The van der Waals surface area contributed by atoms with Crippen LogP contribution in [-0.2, 0) is 18.3 Å². The van der Waals surface area contributed by atoms with Crippen molar-refractivity contribution in [1.82, 2.24) is 9.78 Å². The van der Waals surface area contributed by atoms with Crippen molar-refractivity contribution in [1.29, 1.82) is 0 Å². The first-order valence-electron chi connectivity index (χ1n) is 5.94. The molecule has 21 heavy (non-hydrogen) atoms. The minimum absolute atomic E-state index is 0.103. The van der Waals surface area contributed by atoms with Crippen molar-refractivity contribution in [2.75, 3.05) is 5.32 Å². The zero-order valence-corrected chi connectivity index (χ0v) is 11.9. The Morgan fingerprint density at radius 2 is 2.14 bits per heavy atom. The van der Waals surface area contributed by atoms with Crippen molar-refractivity contribution in [3.8, 4) is 0 Å². The second kappa shape index (κ2) is 5.96. The summed E-state index contributed by atoms with van der Waals surface area (Å²) < 4.78 is 27.3. The maximum absolute atomic E-state index is 13.1. The van der Waals surface area contributed by atoms with E-state index in [1.54, 1.807) is 7.05 Å². The highest BCUT2D eigenvalue weighted by Gasteiger charge is 2.14. The number of hydrogen-bond donors (Lipinski definition) is 2. The number of hydrogen-bond acceptors (Lipinski definition) is 3. The molecule has 1 aromatic carbocycles. The average molecular weight is 310 g/mol. The van der Waals surface area contributed by atoms with E-state index >= 15 is 0 Å². The van der Waals surface area contributed by atoms with Crippen molar-refractivity contribution < 1.29 is 13.6 Å². The van der Waals surface area contributed by atoms with E-state index in [0.29, 0.717) is 16.9 Å². The molecule has 0 aliphatic carbocycles. The maximum atomic E-state index is 13.1. The summed E-state index contributed by atoms with van der Waals surface area (Å²) in [5.41, 5.74) is 6.32. The number of carbonyl (C=O) groups excluding carboxylic acids is 1. The highest BCUT2D eigenvalue weighted by atomic mass is 32.1. The van der Waals surface area contributed by atoms with Crippen LogP contribution in [-0.4, -0.2) is 20.7 Å². The number of thiocarbonyl (C=S) groups is 1. The van der Waals surface area contributed by atoms with E-state index in [0.717, 1.165) is 12.1 Å². The van der Waals surface area contributed by atoms with Crippen molar-refractivity contribution in [2.24, 2.45) is 12.8 Å². The third-order valence-corrected chi connectivity index (χ3v) is 3.03. The predicted molar refractivity (Wildman–Crippen MR) is 77.8 cm³/mol. The normalized spacial score (nSPS) is 10.4. The lowest BCUT2D eigenvalue weighted by molar-refractivity contribution is -0.115. The lowest BCUT2D eigenvalue weighted by Gasteiger charge is -2.08. The highest BCUT2D eigenvalue weighted by molar-refractivity contribution is 7.80. The number of carbonyl (C=O) groups is 1. The van der Waals surface area contributed by atoms with Crippen LogP contribution in [0.15, 0.2) is 24.4 Å². The van der Waals surface area contributed by atoms with Gasteiger partial charge in [0.25, 0.3) is 0 Å². The molecule has 0 spiro atoms. The summed E-state index contributed by atoms with van der Waals surface area (Å²) in [7, 11) is 1.62. The Bertz CT molecular complexity index is 714. The molecule has 0 atom stereocenters. The highest BCUT2D eigenvalue weighted by Crippen LogP contribution is 2.15. The van der Waals surface area contributed by atoms with E-state index in [-0.39, 0.29) is 11.4 Å². The molecule has 0 fully saturated rings. The molecule has 1 aromatic heterocycles. The van der Waals surface area contributed by atoms with Crippen molar-refractivity contribution in [3.63, 3.8) is 0 Å². The predicted octanol–water partition coefficient (Wildman–Crippen LogP) is 1.51. The van der Waals surface area contributed by atoms with E-state index in [1.807, 2.05) is 0 Å². The summed E-state index contributed by atoms with van der Waals surface area (Å²) in [6.07, 6.45) is 1.33. The SMILES string of the molecule is Cn1ncc(C(N)=S)c1NC(=O)Cc1ccc(F)c(F)c1. The molecule has 5 nitrogen and oxygen atoms in total. The van der Waals surface area contributed by atoms with Crippen LogP contribution in [0.25, 0.3) is 0 Å². The standard InChI is InChI=1S/C13H12F2N4OS/c1-19-13(8(6-17-19)12(16)21)18-11(20)5-7-2-3-9(14)10(15)4-7/h2-4,6H,5H2,1H3,(H2,16,21)(H,18,20). The third-order valence-electron chi connectivity index (χ3n) is 2.81. The Hall–Kier alpha value is -2.35. The molecule has 2 rings (SSSR count). The number of benzene rings is 1. The quantitative estimate of drug-likeness (QED) is 0.840. The monoisotopic (exact) mass is 310 g/mol. The van der Waals surface area contributed by atoms with Gasteiger partial charge in [0.15, 0.2) is 11.6 Å². The number of halogens is 2. The lowest BCUT2D eigenvalue weighted by Crippen LogP contribution is -2.20. The van der Waals surface area contributed by atoms with E-state index in [9.17, 15) is 13.6 Å². The molecule has 1 amide bonds. The summed E-state index contributed by atoms with van der Waals surface area (Å²) >= 11 is 4.86. The van der Waals surface area contributed by atoms with Crippen LogP contribution in [0.1, 0.15) is 11.1 Å². The Morgan fingerprint density at radius 3 is 2.76 bits per heavy atom.